The number of carboxylic acids is 1. The summed E-state index contributed by atoms with van der Waals surface area (Å²) in [5.74, 6) is -1.51. The number of carbonyl (C=O) groups is 3. The van der Waals surface area contributed by atoms with Crippen LogP contribution in [0.25, 0.3) is 0 Å². The summed E-state index contributed by atoms with van der Waals surface area (Å²) in [6.07, 6.45) is 0. The minimum Gasteiger partial charge on any atom is -0.478 e. The molecule has 0 saturated carbocycles. The number of carbonyl (C=O) groups excluding carboxylic acids is 2. The van der Waals surface area contributed by atoms with E-state index in [2.05, 4.69) is 5.32 Å². The molecule has 0 spiro atoms. The maximum absolute atomic E-state index is 12.2. The normalized spacial score (nSPS) is 18.3. The summed E-state index contributed by atoms with van der Waals surface area (Å²) in [7, 11) is 0. The molecule has 1 unspecified atom stereocenters. The van der Waals surface area contributed by atoms with Gasteiger partial charge in [-0.05, 0) is 29.7 Å². The van der Waals surface area contributed by atoms with E-state index >= 15 is 0 Å². The molecular formula is C16H20N2O4. The van der Waals surface area contributed by atoms with Gasteiger partial charge in [-0.3, -0.25) is 9.59 Å². The quantitative estimate of drug-likeness (QED) is 0.869. The summed E-state index contributed by atoms with van der Waals surface area (Å²) >= 11 is 0. The number of anilines is 1. The third kappa shape index (κ3) is 3.10. The first-order valence-corrected chi connectivity index (χ1v) is 7.23. The minimum atomic E-state index is -1.04. The van der Waals surface area contributed by atoms with Gasteiger partial charge in [0.15, 0.2) is 0 Å². The molecule has 1 aliphatic rings. The largest absolute Gasteiger partial charge is 0.478 e. The Labute approximate surface area is 129 Å². The van der Waals surface area contributed by atoms with Crippen LogP contribution in [0, 0.1) is 11.8 Å². The molecule has 1 heterocycles. The van der Waals surface area contributed by atoms with Crippen LogP contribution in [0.5, 0.6) is 0 Å². The Kier molecular flexibility index (Phi) is 4.49. The van der Waals surface area contributed by atoms with Crippen molar-refractivity contribution in [3.8, 4) is 0 Å². The smallest absolute Gasteiger partial charge is 0.335 e. The highest BCUT2D eigenvalue weighted by Crippen LogP contribution is 2.27. The zero-order valence-electron chi connectivity index (χ0n) is 12.9. The molecule has 1 aliphatic heterocycles. The van der Waals surface area contributed by atoms with E-state index in [4.69, 9.17) is 5.11 Å². The molecule has 2 rings (SSSR count). The lowest BCUT2D eigenvalue weighted by Crippen LogP contribution is -2.45. The second-order valence-electron chi connectivity index (χ2n) is 5.85. The summed E-state index contributed by atoms with van der Waals surface area (Å²) in [5, 5.41) is 11.9. The maximum atomic E-state index is 12.2. The van der Waals surface area contributed by atoms with Gasteiger partial charge in [-0.25, -0.2) is 4.79 Å². The number of aromatic carboxylic acids is 1. The Morgan fingerprint density at radius 1 is 1.36 bits per heavy atom. The predicted octanol–water partition coefficient (Wildman–Crippen LogP) is 1.64. The Morgan fingerprint density at radius 2 is 2.05 bits per heavy atom. The fourth-order valence-electron chi connectivity index (χ4n) is 2.63. The van der Waals surface area contributed by atoms with Crippen molar-refractivity contribution in [2.75, 3.05) is 11.4 Å². The van der Waals surface area contributed by atoms with Crippen LogP contribution in [0.3, 0.4) is 0 Å². The first-order valence-electron chi connectivity index (χ1n) is 7.23. The number of rotatable bonds is 2. The number of hydrogen-bond donors (Lipinski definition) is 2. The van der Waals surface area contributed by atoms with Crippen LogP contribution >= 0.6 is 0 Å². The van der Waals surface area contributed by atoms with Crippen LogP contribution in [0.1, 0.15) is 36.7 Å². The van der Waals surface area contributed by atoms with Crippen LogP contribution < -0.4 is 10.2 Å². The van der Waals surface area contributed by atoms with E-state index in [0.717, 1.165) is 0 Å². The Morgan fingerprint density at radius 3 is 2.59 bits per heavy atom. The molecule has 0 saturated heterocycles. The third-order valence-corrected chi connectivity index (χ3v) is 3.97. The Bertz CT molecular complexity index is 625. The highest BCUT2D eigenvalue weighted by Gasteiger charge is 2.30. The van der Waals surface area contributed by atoms with Crippen LogP contribution in [-0.2, 0) is 16.1 Å². The Balaban J connectivity index is 2.49. The summed E-state index contributed by atoms with van der Waals surface area (Å²) in [6, 6.07) is 4.61. The van der Waals surface area contributed by atoms with Crippen molar-refractivity contribution < 1.29 is 19.5 Å². The van der Waals surface area contributed by atoms with Gasteiger partial charge >= 0.3 is 5.97 Å². The van der Waals surface area contributed by atoms with Crippen molar-refractivity contribution in [2.24, 2.45) is 11.8 Å². The second-order valence-corrected chi connectivity index (χ2v) is 5.85. The molecule has 0 bridgehead atoms. The monoisotopic (exact) mass is 304 g/mol. The summed E-state index contributed by atoms with van der Waals surface area (Å²) in [5.41, 5.74) is 1.42. The molecule has 6 nitrogen and oxygen atoms in total. The van der Waals surface area contributed by atoms with Crippen molar-refractivity contribution in [1.82, 2.24) is 5.32 Å². The second kappa shape index (κ2) is 6.17. The molecule has 1 aromatic rings. The molecule has 6 heteroatoms. The lowest BCUT2D eigenvalue weighted by Gasteiger charge is -2.32. The molecule has 2 N–H and O–H groups in total. The number of hydrogen-bond acceptors (Lipinski definition) is 3. The number of carboxylic acid groups (broad SMARTS) is 1. The van der Waals surface area contributed by atoms with Gasteiger partial charge < -0.3 is 15.3 Å². The molecule has 1 atom stereocenters. The molecule has 0 radical (unpaired) electrons. The van der Waals surface area contributed by atoms with Crippen LogP contribution in [0.2, 0.25) is 0 Å². The van der Waals surface area contributed by atoms with E-state index in [9.17, 15) is 14.4 Å². The summed E-state index contributed by atoms with van der Waals surface area (Å²) in [4.78, 5) is 36.9. The fraction of sp³-hybridized carbons (Fsp3) is 0.438. The van der Waals surface area contributed by atoms with E-state index in [1.165, 1.54) is 19.1 Å². The van der Waals surface area contributed by atoms with Gasteiger partial charge in [0.25, 0.3) is 0 Å². The predicted molar refractivity (Wildman–Crippen MR) is 81.6 cm³/mol. The number of benzene rings is 1. The SMILES string of the molecule is CC(=O)N1CC(C(C)C)C(=O)NCc2cc(C(=O)O)ccc21. The average Bonchev–Trinajstić information content (AvgIpc) is 2.43. The minimum absolute atomic E-state index is 0.0988. The first-order chi connectivity index (χ1) is 10.3. The van der Waals surface area contributed by atoms with Crippen LogP contribution in [-0.4, -0.2) is 29.4 Å². The van der Waals surface area contributed by atoms with Crippen LogP contribution in [0.15, 0.2) is 18.2 Å². The highest BCUT2D eigenvalue weighted by molar-refractivity contribution is 5.95. The first kappa shape index (κ1) is 16.0. The van der Waals surface area contributed by atoms with Crippen molar-refractivity contribution >= 4 is 23.5 Å². The van der Waals surface area contributed by atoms with Gasteiger partial charge in [0.05, 0.1) is 11.5 Å². The molecule has 0 fully saturated rings. The van der Waals surface area contributed by atoms with Crippen molar-refractivity contribution in [3.63, 3.8) is 0 Å². The number of nitrogens with zero attached hydrogens (tertiary/aromatic N) is 1. The highest BCUT2D eigenvalue weighted by atomic mass is 16.4. The number of nitrogens with one attached hydrogen (secondary N) is 1. The molecule has 118 valence electrons. The molecule has 0 aromatic heterocycles. The maximum Gasteiger partial charge on any atom is 0.335 e. The molecule has 0 aliphatic carbocycles. The van der Waals surface area contributed by atoms with Crippen molar-refractivity contribution in [2.45, 2.75) is 27.3 Å². The summed E-state index contributed by atoms with van der Waals surface area (Å²) < 4.78 is 0. The van der Waals surface area contributed by atoms with Crippen molar-refractivity contribution in [3.05, 3.63) is 29.3 Å². The van der Waals surface area contributed by atoms with Crippen molar-refractivity contribution in [1.29, 1.82) is 0 Å². The van der Waals surface area contributed by atoms with Gasteiger partial charge in [-0.15, -0.1) is 0 Å². The van der Waals surface area contributed by atoms with Gasteiger partial charge in [0.1, 0.15) is 0 Å². The lowest BCUT2D eigenvalue weighted by atomic mass is 9.92. The van der Waals surface area contributed by atoms with E-state index in [1.54, 1.807) is 11.0 Å². The lowest BCUT2D eigenvalue weighted by molar-refractivity contribution is -0.126. The molecule has 1 aromatic carbocycles. The van der Waals surface area contributed by atoms with Gasteiger partial charge in [-0.1, -0.05) is 13.8 Å². The average molecular weight is 304 g/mol. The zero-order valence-corrected chi connectivity index (χ0v) is 12.9. The topological polar surface area (TPSA) is 86.7 Å². The Hall–Kier alpha value is -2.37. The van der Waals surface area contributed by atoms with Gasteiger partial charge in [0.2, 0.25) is 11.8 Å². The zero-order chi connectivity index (χ0) is 16.4. The standard InChI is InChI=1S/C16H20N2O4/c1-9(2)13-8-18(10(3)19)14-5-4-11(16(21)22)6-12(14)7-17-15(13)20/h4-6,9,13H,7-8H2,1-3H3,(H,17,20)(H,21,22). The van der Waals surface area contributed by atoms with E-state index in [-0.39, 0.29) is 42.3 Å². The molecule has 2 amide bonds. The van der Waals surface area contributed by atoms with Crippen LogP contribution in [0.4, 0.5) is 5.69 Å². The molecule has 22 heavy (non-hydrogen) atoms. The molecular weight excluding hydrogens is 284 g/mol. The number of fused-ring (bicyclic) bond motifs is 1. The summed E-state index contributed by atoms with van der Waals surface area (Å²) in [6.45, 7) is 5.84. The van der Waals surface area contributed by atoms with Gasteiger partial charge in [0, 0.05) is 25.7 Å². The van der Waals surface area contributed by atoms with E-state index < -0.39 is 5.97 Å². The van der Waals surface area contributed by atoms with Gasteiger partial charge in [-0.2, -0.15) is 0 Å². The third-order valence-electron chi connectivity index (χ3n) is 3.97. The fourth-order valence-corrected chi connectivity index (χ4v) is 2.63. The van der Waals surface area contributed by atoms with E-state index in [1.807, 2.05) is 13.8 Å². The van der Waals surface area contributed by atoms with E-state index in [0.29, 0.717) is 11.3 Å². The number of amides is 2.